The Kier molecular flexibility index (Phi) is 3.39. The monoisotopic (exact) mass is 248 g/mol. The molecule has 2 aliphatic rings. The first-order chi connectivity index (χ1) is 8.74. The van der Waals surface area contributed by atoms with Crippen molar-refractivity contribution in [2.45, 2.75) is 57.3 Å². The Hall–Kier alpha value is -0.870. The summed E-state index contributed by atoms with van der Waals surface area (Å²) in [5.41, 5.74) is 1.35. The minimum absolute atomic E-state index is 0.634. The smallest absolute Gasteiger partial charge is 0.0951 e. The van der Waals surface area contributed by atoms with E-state index in [4.69, 9.17) is 0 Å². The molecule has 4 nitrogen and oxygen atoms in total. The molecule has 2 fully saturated rings. The molecule has 0 amide bonds. The zero-order chi connectivity index (χ0) is 12.5. The highest BCUT2D eigenvalue weighted by molar-refractivity contribution is 5.02. The van der Waals surface area contributed by atoms with Crippen molar-refractivity contribution >= 4 is 0 Å². The molecule has 1 N–H and O–H groups in total. The van der Waals surface area contributed by atoms with E-state index in [9.17, 15) is 0 Å². The molecular weight excluding hydrogens is 224 g/mol. The van der Waals surface area contributed by atoms with Gasteiger partial charge in [0, 0.05) is 37.4 Å². The zero-order valence-electron chi connectivity index (χ0n) is 11.5. The normalized spacial score (nSPS) is 29.7. The molecule has 1 saturated heterocycles. The second kappa shape index (κ2) is 5.02. The van der Waals surface area contributed by atoms with Crippen LogP contribution in [-0.4, -0.2) is 40.1 Å². The number of nitrogens with zero attached hydrogens (tertiary/aromatic N) is 3. The zero-order valence-corrected chi connectivity index (χ0v) is 11.5. The van der Waals surface area contributed by atoms with E-state index < -0.39 is 0 Å². The molecule has 0 radical (unpaired) electrons. The molecule has 0 aromatic carbocycles. The number of imidazole rings is 1. The van der Waals surface area contributed by atoms with Crippen LogP contribution >= 0.6 is 0 Å². The van der Waals surface area contributed by atoms with E-state index in [1.807, 2.05) is 12.5 Å². The average molecular weight is 248 g/mol. The molecular formula is C14H24N4. The first-order valence-electron chi connectivity index (χ1n) is 7.18. The van der Waals surface area contributed by atoms with Crippen molar-refractivity contribution in [1.29, 1.82) is 0 Å². The van der Waals surface area contributed by atoms with Crippen LogP contribution in [0.5, 0.6) is 0 Å². The van der Waals surface area contributed by atoms with Crippen molar-refractivity contribution in [2.75, 3.05) is 13.6 Å². The fourth-order valence-corrected chi connectivity index (χ4v) is 2.85. The van der Waals surface area contributed by atoms with Crippen LogP contribution in [0.25, 0.3) is 0 Å². The lowest BCUT2D eigenvalue weighted by Gasteiger charge is -2.36. The maximum absolute atomic E-state index is 4.35. The van der Waals surface area contributed by atoms with Crippen LogP contribution in [0.15, 0.2) is 12.5 Å². The van der Waals surface area contributed by atoms with Gasteiger partial charge in [-0.25, -0.2) is 4.98 Å². The molecule has 1 aromatic heterocycles. The highest BCUT2D eigenvalue weighted by Crippen LogP contribution is 2.27. The summed E-state index contributed by atoms with van der Waals surface area (Å²) in [5.74, 6) is 0. The SMILES string of the molecule is CC1CC(n2cncc2CNC2CC2)CCN1C. The van der Waals surface area contributed by atoms with Gasteiger partial charge in [0.05, 0.1) is 12.0 Å². The topological polar surface area (TPSA) is 33.1 Å². The molecule has 1 aliphatic heterocycles. The molecule has 3 rings (SSSR count). The second-order valence-corrected chi connectivity index (χ2v) is 5.96. The highest BCUT2D eigenvalue weighted by atomic mass is 15.2. The quantitative estimate of drug-likeness (QED) is 0.882. The first-order valence-corrected chi connectivity index (χ1v) is 7.18. The standard InChI is InChI=1S/C14H24N4/c1-11-7-13(5-6-17(11)2)18-10-15-8-14(18)9-16-12-3-4-12/h8,10-13,16H,3-7,9H2,1-2H3. The van der Waals surface area contributed by atoms with E-state index in [0.717, 1.165) is 12.6 Å². The first kappa shape index (κ1) is 12.2. The van der Waals surface area contributed by atoms with Crippen molar-refractivity contribution < 1.29 is 0 Å². The second-order valence-electron chi connectivity index (χ2n) is 5.96. The number of hydrogen-bond donors (Lipinski definition) is 1. The predicted octanol–water partition coefficient (Wildman–Crippen LogP) is 1.79. The summed E-state index contributed by atoms with van der Waals surface area (Å²) < 4.78 is 2.40. The lowest BCUT2D eigenvalue weighted by molar-refractivity contribution is 0.155. The lowest BCUT2D eigenvalue weighted by Crippen LogP contribution is -2.38. The third kappa shape index (κ3) is 2.59. The van der Waals surface area contributed by atoms with Gasteiger partial charge in [0.25, 0.3) is 0 Å². The fraction of sp³-hybridized carbons (Fsp3) is 0.786. The number of aromatic nitrogens is 2. The summed E-state index contributed by atoms with van der Waals surface area (Å²) in [4.78, 5) is 6.80. The van der Waals surface area contributed by atoms with E-state index >= 15 is 0 Å². The van der Waals surface area contributed by atoms with Gasteiger partial charge in [-0.05, 0) is 39.7 Å². The Labute approximate surface area is 109 Å². The minimum Gasteiger partial charge on any atom is -0.330 e. The van der Waals surface area contributed by atoms with Gasteiger partial charge < -0.3 is 14.8 Å². The van der Waals surface area contributed by atoms with Crippen molar-refractivity contribution in [2.24, 2.45) is 0 Å². The Bertz CT molecular complexity index is 396. The van der Waals surface area contributed by atoms with Crippen LogP contribution in [0.2, 0.25) is 0 Å². The third-order valence-electron chi connectivity index (χ3n) is 4.47. The van der Waals surface area contributed by atoms with Gasteiger partial charge in [0.1, 0.15) is 0 Å². The molecule has 18 heavy (non-hydrogen) atoms. The van der Waals surface area contributed by atoms with Gasteiger partial charge in [-0.15, -0.1) is 0 Å². The number of nitrogens with one attached hydrogen (secondary N) is 1. The number of likely N-dealkylation sites (tertiary alicyclic amines) is 1. The Morgan fingerprint density at radius 3 is 2.94 bits per heavy atom. The van der Waals surface area contributed by atoms with Gasteiger partial charge in [-0.3, -0.25) is 0 Å². The van der Waals surface area contributed by atoms with Crippen molar-refractivity contribution in [3.63, 3.8) is 0 Å². The number of rotatable bonds is 4. The van der Waals surface area contributed by atoms with E-state index in [-0.39, 0.29) is 0 Å². The maximum atomic E-state index is 4.35. The van der Waals surface area contributed by atoms with E-state index in [2.05, 4.69) is 33.7 Å². The van der Waals surface area contributed by atoms with Crippen molar-refractivity contribution in [1.82, 2.24) is 19.8 Å². The fourth-order valence-electron chi connectivity index (χ4n) is 2.85. The minimum atomic E-state index is 0.634. The number of hydrogen-bond acceptors (Lipinski definition) is 3. The van der Waals surface area contributed by atoms with Crippen LogP contribution in [0.3, 0.4) is 0 Å². The molecule has 2 unspecified atom stereocenters. The van der Waals surface area contributed by atoms with Gasteiger partial charge in [0.2, 0.25) is 0 Å². The molecule has 0 spiro atoms. The van der Waals surface area contributed by atoms with E-state index in [0.29, 0.717) is 12.1 Å². The molecule has 1 aromatic rings. The summed E-state index contributed by atoms with van der Waals surface area (Å²) in [7, 11) is 2.23. The van der Waals surface area contributed by atoms with Crippen LogP contribution in [0.1, 0.15) is 44.3 Å². The summed E-state index contributed by atoms with van der Waals surface area (Å²) >= 11 is 0. The summed E-state index contributed by atoms with van der Waals surface area (Å²) in [6.45, 7) is 4.50. The molecule has 2 atom stereocenters. The molecule has 4 heteroatoms. The summed E-state index contributed by atoms with van der Waals surface area (Å²) in [6, 6.07) is 2.08. The lowest BCUT2D eigenvalue weighted by atomic mass is 9.98. The van der Waals surface area contributed by atoms with Gasteiger partial charge in [-0.1, -0.05) is 0 Å². The van der Waals surface area contributed by atoms with Gasteiger partial charge >= 0.3 is 0 Å². The molecule has 2 heterocycles. The Morgan fingerprint density at radius 1 is 1.39 bits per heavy atom. The van der Waals surface area contributed by atoms with E-state index in [1.54, 1.807) is 0 Å². The van der Waals surface area contributed by atoms with Gasteiger partial charge in [-0.2, -0.15) is 0 Å². The van der Waals surface area contributed by atoms with Gasteiger partial charge in [0.15, 0.2) is 0 Å². The van der Waals surface area contributed by atoms with Crippen molar-refractivity contribution in [3.8, 4) is 0 Å². The Balaban J connectivity index is 1.65. The maximum Gasteiger partial charge on any atom is 0.0951 e. The van der Waals surface area contributed by atoms with Crippen LogP contribution in [-0.2, 0) is 6.54 Å². The number of piperidine rings is 1. The van der Waals surface area contributed by atoms with Crippen molar-refractivity contribution in [3.05, 3.63) is 18.2 Å². The molecule has 1 aliphatic carbocycles. The average Bonchev–Trinajstić information content (AvgIpc) is 3.08. The molecule has 1 saturated carbocycles. The Morgan fingerprint density at radius 2 is 2.22 bits per heavy atom. The molecule has 0 bridgehead atoms. The summed E-state index contributed by atoms with van der Waals surface area (Å²) in [6.07, 6.45) is 9.22. The predicted molar refractivity (Wildman–Crippen MR) is 72.5 cm³/mol. The van der Waals surface area contributed by atoms with Crippen LogP contribution < -0.4 is 5.32 Å². The van der Waals surface area contributed by atoms with E-state index in [1.165, 1.54) is 37.9 Å². The highest BCUT2D eigenvalue weighted by Gasteiger charge is 2.26. The third-order valence-corrected chi connectivity index (χ3v) is 4.47. The van der Waals surface area contributed by atoms with Crippen LogP contribution in [0, 0.1) is 0 Å². The summed E-state index contributed by atoms with van der Waals surface area (Å²) in [5, 5.41) is 3.59. The van der Waals surface area contributed by atoms with Crippen LogP contribution in [0.4, 0.5) is 0 Å². The largest absolute Gasteiger partial charge is 0.330 e. The molecule has 100 valence electrons.